The van der Waals surface area contributed by atoms with Crippen LogP contribution in [0, 0.1) is 0 Å². The van der Waals surface area contributed by atoms with Crippen molar-refractivity contribution >= 4 is 16.7 Å². The number of nitrogens with zero attached hydrogens (tertiary/aromatic N) is 1. The molecule has 1 aliphatic rings. The maximum atomic E-state index is 13.0. The highest BCUT2D eigenvalue weighted by molar-refractivity contribution is 6.10. The first-order valence-corrected chi connectivity index (χ1v) is 9.72. The second-order valence-corrected chi connectivity index (χ2v) is 7.32. The fraction of sp³-hybridized carbons (Fsp3) is 0.348. The Balaban J connectivity index is 1.33. The maximum absolute atomic E-state index is 13.0. The second kappa shape index (κ2) is 8.07. The van der Waals surface area contributed by atoms with Gasteiger partial charge in [-0.1, -0.05) is 48.5 Å². The zero-order valence-electron chi connectivity index (χ0n) is 15.7. The van der Waals surface area contributed by atoms with Crippen molar-refractivity contribution in [2.45, 2.75) is 38.5 Å². The Morgan fingerprint density at radius 3 is 2.59 bits per heavy atom. The number of hydrogen-bond acceptors (Lipinski definition) is 3. The van der Waals surface area contributed by atoms with Gasteiger partial charge >= 0.3 is 0 Å². The minimum absolute atomic E-state index is 0.112. The quantitative estimate of drug-likeness (QED) is 0.660. The molecule has 0 radical (unpaired) electrons. The largest absolute Gasteiger partial charge is 0.373 e. The van der Waals surface area contributed by atoms with E-state index in [4.69, 9.17) is 4.74 Å². The molecule has 0 unspecified atom stereocenters. The fourth-order valence-corrected chi connectivity index (χ4v) is 3.88. The van der Waals surface area contributed by atoms with Crippen molar-refractivity contribution in [1.82, 2.24) is 9.88 Å². The van der Waals surface area contributed by atoms with Gasteiger partial charge in [0.2, 0.25) is 0 Å². The van der Waals surface area contributed by atoms with E-state index in [9.17, 15) is 4.79 Å². The van der Waals surface area contributed by atoms with E-state index in [0.717, 1.165) is 42.4 Å². The smallest absolute Gasteiger partial charge is 0.181 e. The molecule has 2 heterocycles. The number of H-pyrrole nitrogens is 1. The number of piperidine rings is 1. The number of aromatic amines is 1. The van der Waals surface area contributed by atoms with Crippen molar-refractivity contribution in [3.05, 3.63) is 71.9 Å². The van der Waals surface area contributed by atoms with Gasteiger partial charge in [0.25, 0.3) is 0 Å². The van der Waals surface area contributed by atoms with Crippen LogP contribution in [0.2, 0.25) is 0 Å². The summed E-state index contributed by atoms with van der Waals surface area (Å²) in [4.78, 5) is 18.5. The van der Waals surface area contributed by atoms with Gasteiger partial charge in [-0.05, 0) is 31.4 Å². The molecule has 27 heavy (non-hydrogen) atoms. The van der Waals surface area contributed by atoms with Gasteiger partial charge in [0.05, 0.1) is 18.8 Å². The van der Waals surface area contributed by atoms with Crippen LogP contribution in [-0.4, -0.2) is 40.9 Å². The van der Waals surface area contributed by atoms with Crippen LogP contribution in [0.15, 0.2) is 60.8 Å². The fourth-order valence-electron chi connectivity index (χ4n) is 3.88. The Hall–Kier alpha value is -2.43. The summed E-state index contributed by atoms with van der Waals surface area (Å²) in [6, 6.07) is 18.2. The van der Waals surface area contributed by atoms with Crippen molar-refractivity contribution in [2.24, 2.45) is 0 Å². The van der Waals surface area contributed by atoms with Crippen molar-refractivity contribution in [2.75, 3.05) is 13.1 Å². The summed E-state index contributed by atoms with van der Waals surface area (Å²) in [5, 5.41) is 1.01. The van der Waals surface area contributed by atoms with Crippen LogP contribution in [0.25, 0.3) is 10.9 Å². The normalized spacial score (nSPS) is 17.2. The topological polar surface area (TPSA) is 45.3 Å². The van der Waals surface area contributed by atoms with Crippen LogP contribution in [0.5, 0.6) is 0 Å². The molecular formula is C23H26N2O2. The van der Waals surface area contributed by atoms with E-state index in [1.54, 1.807) is 0 Å². The predicted octanol–water partition coefficient (Wildman–Crippen LogP) is 4.42. The predicted molar refractivity (Wildman–Crippen MR) is 108 cm³/mol. The third kappa shape index (κ3) is 3.97. The van der Waals surface area contributed by atoms with E-state index >= 15 is 0 Å². The van der Waals surface area contributed by atoms with Crippen LogP contribution in [0.1, 0.15) is 35.7 Å². The number of carbonyl (C=O) groups excluding carboxylic acids is 1. The Morgan fingerprint density at radius 1 is 1.11 bits per heavy atom. The first kappa shape index (κ1) is 18.0. The Kier molecular flexibility index (Phi) is 5.37. The Morgan fingerprint density at radius 2 is 1.81 bits per heavy atom. The van der Waals surface area contributed by atoms with E-state index in [1.165, 1.54) is 5.56 Å². The molecule has 2 aromatic carbocycles. The summed E-state index contributed by atoms with van der Waals surface area (Å²) >= 11 is 0. The summed E-state index contributed by atoms with van der Waals surface area (Å²) in [6.45, 7) is 4.48. The molecule has 140 valence electrons. The highest BCUT2D eigenvalue weighted by Crippen LogP contribution is 2.23. The number of likely N-dealkylation sites (tertiary alicyclic amines) is 1. The minimum atomic E-state index is -0.112. The summed E-state index contributed by atoms with van der Waals surface area (Å²) in [5.41, 5.74) is 3.02. The highest BCUT2D eigenvalue weighted by Gasteiger charge is 2.28. The first-order chi connectivity index (χ1) is 13.2. The Labute approximate surface area is 160 Å². The lowest BCUT2D eigenvalue weighted by Crippen LogP contribution is -2.45. The van der Waals surface area contributed by atoms with Gasteiger partial charge < -0.3 is 9.72 Å². The lowest BCUT2D eigenvalue weighted by atomic mass is 10.00. The summed E-state index contributed by atoms with van der Waals surface area (Å²) in [5.74, 6) is 0.191. The van der Waals surface area contributed by atoms with Gasteiger partial charge in [0, 0.05) is 35.8 Å². The van der Waals surface area contributed by atoms with E-state index in [2.05, 4.69) is 22.0 Å². The zero-order valence-corrected chi connectivity index (χ0v) is 15.7. The number of rotatable bonds is 6. The van der Waals surface area contributed by atoms with Crippen molar-refractivity contribution < 1.29 is 9.53 Å². The number of nitrogens with one attached hydrogen (secondary N) is 1. The molecule has 1 aliphatic heterocycles. The van der Waals surface area contributed by atoms with Gasteiger partial charge in [-0.2, -0.15) is 0 Å². The molecular weight excluding hydrogens is 336 g/mol. The molecule has 4 heteroatoms. The van der Waals surface area contributed by atoms with Gasteiger partial charge in [-0.25, -0.2) is 0 Å². The van der Waals surface area contributed by atoms with Crippen LogP contribution in [-0.2, 0) is 11.3 Å². The monoisotopic (exact) mass is 362 g/mol. The van der Waals surface area contributed by atoms with E-state index in [-0.39, 0.29) is 17.9 Å². The van der Waals surface area contributed by atoms with E-state index in [1.807, 2.05) is 55.6 Å². The molecule has 1 N–H and O–H groups in total. The lowest BCUT2D eigenvalue weighted by Gasteiger charge is -2.35. The van der Waals surface area contributed by atoms with Gasteiger partial charge in [0.1, 0.15) is 0 Å². The number of fused-ring (bicyclic) bond motifs is 1. The van der Waals surface area contributed by atoms with Crippen molar-refractivity contribution in [3.8, 4) is 0 Å². The average Bonchev–Trinajstić information content (AvgIpc) is 3.16. The van der Waals surface area contributed by atoms with Gasteiger partial charge in [0.15, 0.2) is 5.78 Å². The molecule has 3 aromatic rings. The van der Waals surface area contributed by atoms with Crippen molar-refractivity contribution in [1.29, 1.82) is 0 Å². The van der Waals surface area contributed by atoms with E-state index in [0.29, 0.717) is 6.61 Å². The molecule has 1 atom stereocenters. The van der Waals surface area contributed by atoms with Crippen LogP contribution in [0.4, 0.5) is 0 Å². The molecule has 1 saturated heterocycles. The number of hydrogen-bond donors (Lipinski definition) is 1. The number of Topliss-reactive ketones (excluding diaryl/α,β-unsaturated/α-hetero) is 1. The zero-order chi connectivity index (χ0) is 18.6. The van der Waals surface area contributed by atoms with Gasteiger partial charge in [-0.15, -0.1) is 0 Å². The number of benzene rings is 2. The Bertz CT molecular complexity index is 895. The molecule has 0 spiro atoms. The summed E-state index contributed by atoms with van der Waals surface area (Å²) in [6.07, 6.45) is 4.06. The van der Waals surface area contributed by atoms with Crippen molar-refractivity contribution in [3.63, 3.8) is 0 Å². The third-order valence-corrected chi connectivity index (χ3v) is 5.59. The molecule has 0 aliphatic carbocycles. The molecule has 0 bridgehead atoms. The molecule has 0 amide bonds. The van der Waals surface area contributed by atoms with Crippen LogP contribution >= 0.6 is 0 Å². The van der Waals surface area contributed by atoms with Gasteiger partial charge in [-0.3, -0.25) is 9.69 Å². The summed E-state index contributed by atoms with van der Waals surface area (Å²) < 4.78 is 6.07. The minimum Gasteiger partial charge on any atom is -0.373 e. The van der Waals surface area contributed by atoms with E-state index < -0.39 is 0 Å². The molecule has 1 fully saturated rings. The van der Waals surface area contributed by atoms with Crippen LogP contribution in [0.3, 0.4) is 0 Å². The first-order valence-electron chi connectivity index (χ1n) is 9.72. The number of aromatic nitrogens is 1. The highest BCUT2D eigenvalue weighted by atomic mass is 16.5. The summed E-state index contributed by atoms with van der Waals surface area (Å²) in [7, 11) is 0. The molecule has 1 aromatic heterocycles. The lowest BCUT2D eigenvalue weighted by molar-refractivity contribution is -0.00810. The number of ether oxygens (including phenoxy) is 1. The molecule has 4 rings (SSSR count). The number of para-hydroxylation sites is 1. The van der Waals surface area contributed by atoms with Crippen LogP contribution < -0.4 is 0 Å². The maximum Gasteiger partial charge on any atom is 0.181 e. The number of carbonyl (C=O) groups is 1. The molecule has 4 nitrogen and oxygen atoms in total. The molecule has 0 saturated carbocycles. The second-order valence-electron chi connectivity index (χ2n) is 7.32. The average molecular weight is 362 g/mol. The standard InChI is InChI=1S/C23H26N2O2/c1-17(23(26)21-15-24-22-10-6-5-9-20(21)22)25-13-11-19(12-14-25)27-16-18-7-3-2-4-8-18/h2-10,15,17,19,24H,11-14,16H2,1H3/t17-/m1/s1. The SMILES string of the molecule is C[C@H](C(=O)c1c[nH]c2ccccc12)N1CCC(OCc2ccccc2)CC1. The number of ketones is 1. The third-order valence-electron chi connectivity index (χ3n) is 5.59.